The maximum atomic E-state index is 10.0. The van der Waals surface area contributed by atoms with Crippen LogP contribution >= 0.6 is 0 Å². The van der Waals surface area contributed by atoms with Gasteiger partial charge in [0.15, 0.2) is 0 Å². The monoisotopic (exact) mass is 346 g/mol. The zero-order valence-corrected chi connectivity index (χ0v) is 15.7. The number of pyridine rings is 1. The summed E-state index contributed by atoms with van der Waals surface area (Å²) in [4.78, 5) is 4.56. The molecule has 1 saturated heterocycles. The standard InChI is InChI=1S/C21H23BN2O2/c1-19(2)20(3,4)26-22(25-19)17-9-10-24-18(11-17)21(14-23)12-15-7-5-6-8-16(15)13-21/h5-11H,12-13H2,1-4H3. The Kier molecular flexibility index (Phi) is 3.77. The maximum Gasteiger partial charge on any atom is 0.494 e. The lowest BCUT2D eigenvalue weighted by atomic mass is 9.75. The molecule has 2 aliphatic rings. The highest BCUT2D eigenvalue weighted by Gasteiger charge is 2.52. The van der Waals surface area contributed by atoms with Gasteiger partial charge in [0.1, 0.15) is 5.41 Å². The first-order chi connectivity index (χ1) is 12.3. The van der Waals surface area contributed by atoms with E-state index in [-0.39, 0.29) is 0 Å². The molecule has 0 atom stereocenters. The summed E-state index contributed by atoms with van der Waals surface area (Å²) < 4.78 is 12.3. The van der Waals surface area contributed by atoms with Gasteiger partial charge in [0.05, 0.1) is 23.0 Å². The Labute approximate surface area is 155 Å². The average molecular weight is 346 g/mol. The minimum atomic E-state index is -0.622. The van der Waals surface area contributed by atoms with Crippen LogP contribution in [0.25, 0.3) is 0 Å². The third-order valence-electron chi connectivity index (χ3n) is 6.12. The van der Waals surface area contributed by atoms with Gasteiger partial charge in [-0.2, -0.15) is 5.26 Å². The summed E-state index contributed by atoms with van der Waals surface area (Å²) >= 11 is 0. The largest absolute Gasteiger partial charge is 0.494 e. The molecule has 1 aliphatic heterocycles. The molecule has 4 rings (SSSR count). The van der Waals surface area contributed by atoms with Gasteiger partial charge < -0.3 is 9.31 Å². The first-order valence-corrected chi connectivity index (χ1v) is 9.06. The van der Waals surface area contributed by atoms with Gasteiger partial charge in [-0.3, -0.25) is 4.98 Å². The highest BCUT2D eigenvalue weighted by Crippen LogP contribution is 2.39. The van der Waals surface area contributed by atoms with Crippen molar-refractivity contribution in [1.82, 2.24) is 4.98 Å². The van der Waals surface area contributed by atoms with Crippen LogP contribution < -0.4 is 5.46 Å². The van der Waals surface area contributed by atoms with E-state index in [0.29, 0.717) is 12.8 Å². The van der Waals surface area contributed by atoms with Gasteiger partial charge in [-0.05, 0) is 69.3 Å². The van der Waals surface area contributed by atoms with Crippen molar-refractivity contribution in [2.75, 3.05) is 0 Å². The Bertz CT molecular complexity index is 860. The molecular weight excluding hydrogens is 323 g/mol. The summed E-state index contributed by atoms with van der Waals surface area (Å²) in [7, 11) is -0.443. The molecule has 0 bridgehead atoms. The van der Waals surface area contributed by atoms with Crippen molar-refractivity contribution in [3.05, 3.63) is 59.4 Å². The smallest absolute Gasteiger partial charge is 0.399 e. The lowest BCUT2D eigenvalue weighted by Crippen LogP contribution is -2.41. The van der Waals surface area contributed by atoms with Gasteiger partial charge in [-0.15, -0.1) is 0 Å². The van der Waals surface area contributed by atoms with Crippen LogP contribution in [0.3, 0.4) is 0 Å². The molecule has 4 nitrogen and oxygen atoms in total. The number of fused-ring (bicyclic) bond motifs is 1. The van der Waals surface area contributed by atoms with Gasteiger partial charge in [0, 0.05) is 6.20 Å². The molecule has 0 unspecified atom stereocenters. The van der Waals surface area contributed by atoms with Gasteiger partial charge in [-0.1, -0.05) is 24.3 Å². The van der Waals surface area contributed by atoms with Crippen LogP contribution in [0.15, 0.2) is 42.6 Å². The van der Waals surface area contributed by atoms with E-state index >= 15 is 0 Å². The predicted molar refractivity (Wildman–Crippen MR) is 101 cm³/mol. The molecule has 2 heterocycles. The predicted octanol–water partition coefficient (Wildman–Crippen LogP) is 2.94. The summed E-state index contributed by atoms with van der Waals surface area (Å²) in [6.07, 6.45) is 3.15. The minimum absolute atomic E-state index is 0.391. The molecule has 0 saturated carbocycles. The van der Waals surface area contributed by atoms with Crippen LogP contribution in [0.5, 0.6) is 0 Å². The third kappa shape index (κ3) is 2.56. The lowest BCUT2D eigenvalue weighted by Gasteiger charge is -2.32. The zero-order valence-electron chi connectivity index (χ0n) is 15.7. The minimum Gasteiger partial charge on any atom is -0.399 e. The molecule has 1 aromatic carbocycles. The molecule has 132 valence electrons. The summed E-state index contributed by atoms with van der Waals surface area (Å²) in [5.41, 5.74) is 2.77. The van der Waals surface area contributed by atoms with Gasteiger partial charge in [-0.25, -0.2) is 0 Å². The Morgan fingerprint density at radius 2 is 1.58 bits per heavy atom. The first-order valence-electron chi connectivity index (χ1n) is 9.06. The number of nitrogens with zero attached hydrogens (tertiary/aromatic N) is 2. The van der Waals surface area contributed by atoms with Crippen molar-refractivity contribution in [2.24, 2.45) is 0 Å². The fourth-order valence-corrected chi connectivity index (χ4v) is 3.77. The second kappa shape index (κ2) is 5.67. The average Bonchev–Trinajstić information content (AvgIpc) is 3.10. The molecule has 0 radical (unpaired) electrons. The van der Waals surface area contributed by atoms with E-state index in [9.17, 15) is 5.26 Å². The molecule has 0 amide bonds. The molecule has 1 aliphatic carbocycles. The van der Waals surface area contributed by atoms with Gasteiger partial charge in [0.25, 0.3) is 0 Å². The van der Waals surface area contributed by atoms with Crippen molar-refractivity contribution in [2.45, 2.75) is 57.2 Å². The van der Waals surface area contributed by atoms with Crippen molar-refractivity contribution in [1.29, 1.82) is 5.26 Å². The molecular formula is C21H23BN2O2. The van der Waals surface area contributed by atoms with Crippen LogP contribution in [0.2, 0.25) is 0 Å². The van der Waals surface area contributed by atoms with E-state index < -0.39 is 23.7 Å². The normalized spacial score (nSPS) is 22.0. The summed E-state index contributed by atoms with van der Waals surface area (Å²) in [6.45, 7) is 8.16. The molecule has 26 heavy (non-hydrogen) atoms. The van der Waals surface area contributed by atoms with E-state index in [1.807, 2.05) is 52.0 Å². The summed E-state index contributed by atoms with van der Waals surface area (Å²) in [5, 5.41) is 10.0. The Balaban J connectivity index is 1.68. The van der Waals surface area contributed by atoms with Gasteiger partial charge in [0.2, 0.25) is 0 Å². The van der Waals surface area contributed by atoms with Crippen LogP contribution in [0.1, 0.15) is 44.5 Å². The fourth-order valence-electron chi connectivity index (χ4n) is 3.77. The molecule has 0 spiro atoms. The number of nitriles is 1. The van der Waals surface area contributed by atoms with Crippen molar-refractivity contribution >= 4 is 12.6 Å². The maximum absolute atomic E-state index is 10.0. The number of hydrogen-bond acceptors (Lipinski definition) is 4. The molecule has 2 aromatic rings. The van der Waals surface area contributed by atoms with Crippen molar-refractivity contribution in [3.8, 4) is 6.07 Å². The quantitative estimate of drug-likeness (QED) is 0.785. The van der Waals surface area contributed by atoms with Crippen LogP contribution in [-0.2, 0) is 27.6 Å². The third-order valence-corrected chi connectivity index (χ3v) is 6.12. The second-order valence-corrected chi connectivity index (χ2v) is 8.38. The molecule has 1 fully saturated rings. The van der Waals surface area contributed by atoms with E-state index in [1.54, 1.807) is 6.20 Å². The Morgan fingerprint density at radius 1 is 1.00 bits per heavy atom. The van der Waals surface area contributed by atoms with Crippen molar-refractivity contribution in [3.63, 3.8) is 0 Å². The topological polar surface area (TPSA) is 55.1 Å². The fraction of sp³-hybridized carbons (Fsp3) is 0.429. The zero-order chi connectivity index (χ0) is 18.6. The van der Waals surface area contributed by atoms with Crippen LogP contribution in [0, 0.1) is 11.3 Å². The number of benzene rings is 1. The van der Waals surface area contributed by atoms with E-state index in [2.05, 4.69) is 23.2 Å². The van der Waals surface area contributed by atoms with E-state index in [1.165, 1.54) is 11.1 Å². The highest BCUT2D eigenvalue weighted by atomic mass is 16.7. The summed E-state index contributed by atoms with van der Waals surface area (Å²) in [5.74, 6) is 0. The summed E-state index contributed by atoms with van der Waals surface area (Å²) in [6, 6.07) is 14.7. The van der Waals surface area contributed by atoms with Crippen LogP contribution in [-0.4, -0.2) is 23.3 Å². The first kappa shape index (κ1) is 17.3. The van der Waals surface area contributed by atoms with Crippen LogP contribution in [0.4, 0.5) is 0 Å². The number of rotatable bonds is 2. The Morgan fingerprint density at radius 3 is 2.12 bits per heavy atom. The van der Waals surface area contributed by atoms with Crippen molar-refractivity contribution < 1.29 is 9.31 Å². The van der Waals surface area contributed by atoms with E-state index in [0.717, 1.165) is 11.2 Å². The highest BCUT2D eigenvalue weighted by molar-refractivity contribution is 6.62. The molecule has 5 heteroatoms. The number of aromatic nitrogens is 1. The van der Waals surface area contributed by atoms with E-state index in [4.69, 9.17) is 9.31 Å². The van der Waals surface area contributed by atoms with Gasteiger partial charge >= 0.3 is 7.12 Å². The number of hydrogen-bond donors (Lipinski definition) is 0. The SMILES string of the molecule is CC1(C)OB(c2ccnc(C3(C#N)Cc4ccccc4C3)c2)OC1(C)C. The lowest BCUT2D eigenvalue weighted by molar-refractivity contribution is 0.00578. The molecule has 0 N–H and O–H groups in total. The Hall–Kier alpha value is -2.16. The molecule has 1 aromatic heterocycles. The second-order valence-electron chi connectivity index (χ2n) is 8.38.